The highest BCUT2D eigenvalue weighted by atomic mass is 79.9. The molecule has 72 valence electrons. The molecule has 1 aromatic rings. The Morgan fingerprint density at radius 2 is 2.15 bits per heavy atom. The maximum Gasteiger partial charge on any atom is 0.339 e. The number of aromatic nitrogens is 1. The lowest BCUT2D eigenvalue weighted by Gasteiger charge is -1.99. The number of rotatable bonds is 1. The quantitative estimate of drug-likeness (QED) is 0.715. The zero-order valence-corrected chi connectivity index (χ0v) is 9.46. The highest BCUT2D eigenvalue weighted by molar-refractivity contribution is 9.10. The molecule has 13 heavy (non-hydrogen) atoms. The van der Waals surface area contributed by atoms with Crippen LogP contribution in [0.25, 0.3) is 0 Å². The van der Waals surface area contributed by atoms with Gasteiger partial charge in [-0.3, -0.25) is 4.98 Å². The second-order valence-electron chi connectivity index (χ2n) is 1.85. The van der Waals surface area contributed by atoms with Gasteiger partial charge in [-0.1, -0.05) is 13.8 Å². The Balaban J connectivity index is 0.000000671. The lowest BCUT2D eigenvalue weighted by molar-refractivity contribution is 0.0599. The van der Waals surface area contributed by atoms with Gasteiger partial charge in [-0.15, -0.1) is 0 Å². The molecule has 0 aliphatic heterocycles. The molecule has 4 heteroatoms. The molecule has 0 aliphatic carbocycles. The first-order chi connectivity index (χ1) is 6.25. The minimum absolute atomic E-state index is 0.362. The third kappa shape index (κ3) is 3.55. The van der Waals surface area contributed by atoms with Crippen molar-refractivity contribution < 1.29 is 9.53 Å². The first-order valence-electron chi connectivity index (χ1n) is 3.93. The van der Waals surface area contributed by atoms with Crippen LogP contribution < -0.4 is 0 Å². The summed E-state index contributed by atoms with van der Waals surface area (Å²) < 4.78 is 5.17. The van der Waals surface area contributed by atoms with Crippen LogP contribution in [0.5, 0.6) is 0 Å². The number of methoxy groups -OCH3 is 1. The number of hydrogen-bond donors (Lipinski definition) is 0. The van der Waals surface area contributed by atoms with Crippen molar-refractivity contribution in [2.45, 2.75) is 13.8 Å². The van der Waals surface area contributed by atoms with E-state index in [1.165, 1.54) is 13.3 Å². The summed E-state index contributed by atoms with van der Waals surface area (Å²) >= 11 is 3.17. The van der Waals surface area contributed by atoms with Crippen molar-refractivity contribution in [1.82, 2.24) is 4.98 Å². The molecular weight excluding hydrogens is 234 g/mol. The fourth-order valence-electron chi connectivity index (χ4n) is 0.651. The van der Waals surface area contributed by atoms with Crippen molar-refractivity contribution in [1.29, 1.82) is 0 Å². The minimum Gasteiger partial charge on any atom is -0.465 e. The van der Waals surface area contributed by atoms with Crippen molar-refractivity contribution in [3.8, 4) is 0 Å². The number of hydrogen-bond acceptors (Lipinski definition) is 3. The Hall–Kier alpha value is -0.900. The summed E-state index contributed by atoms with van der Waals surface area (Å²) in [4.78, 5) is 14.8. The van der Waals surface area contributed by atoms with E-state index in [0.717, 1.165) is 0 Å². The minimum atomic E-state index is -0.362. The van der Waals surface area contributed by atoms with Gasteiger partial charge in [-0.25, -0.2) is 4.79 Å². The Morgan fingerprint density at radius 3 is 2.62 bits per heavy atom. The van der Waals surface area contributed by atoms with E-state index < -0.39 is 0 Å². The van der Waals surface area contributed by atoms with Crippen LogP contribution in [-0.2, 0) is 4.74 Å². The number of carbonyl (C=O) groups is 1. The van der Waals surface area contributed by atoms with Crippen molar-refractivity contribution in [3.63, 3.8) is 0 Å². The molecule has 0 aliphatic rings. The molecule has 0 aromatic carbocycles. The van der Waals surface area contributed by atoms with Crippen LogP contribution in [0.2, 0.25) is 0 Å². The van der Waals surface area contributed by atoms with Gasteiger partial charge in [-0.05, 0) is 22.0 Å². The van der Waals surface area contributed by atoms with Crippen LogP contribution in [0.3, 0.4) is 0 Å². The van der Waals surface area contributed by atoms with Gasteiger partial charge in [0.1, 0.15) is 0 Å². The Kier molecular flexibility index (Phi) is 6.14. The maximum atomic E-state index is 11.0. The van der Waals surface area contributed by atoms with Gasteiger partial charge in [0.2, 0.25) is 0 Å². The van der Waals surface area contributed by atoms with E-state index in [4.69, 9.17) is 0 Å². The van der Waals surface area contributed by atoms with E-state index in [1.807, 2.05) is 13.8 Å². The Bertz CT molecular complexity index is 276. The van der Waals surface area contributed by atoms with Crippen LogP contribution in [0, 0.1) is 0 Å². The van der Waals surface area contributed by atoms with Gasteiger partial charge >= 0.3 is 5.97 Å². The molecule has 1 rings (SSSR count). The van der Waals surface area contributed by atoms with Crippen molar-refractivity contribution in [2.24, 2.45) is 0 Å². The molecule has 1 heterocycles. The Labute approximate surface area is 86.3 Å². The van der Waals surface area contributed by atoms with E-state index in [-0.39, 0.29) is 5.97 Å². The molecule has 0 atom stereocenters. The van der Waals surface area contributed by atoms with E-state index in [2.05, 4.69) is 25.7 Å². The first-order valence-corrected chi connectivity index (χ1v) is 4.73. The molecule has 0 unspecified atom stereocenters. The van der Waals surface area contributed by atoms with Gasteiger partial charge in [0.15, 0.2) is 0 Å². The van der Waals surface area contributed by atoms with Crippen molar-refractivity contribution >= 4 is 21.9 Å². The van der Waals surface area contributed by atoms with Gasteiger partial charge < -0.3 is 4.74 Å². The van der Waals surface area contributed by atoms with Crippen LogP contribution in [0.15, 0.2) is 22.9 Å². The molecule has 3 nitrogen and oxygen atoms in total. The zero-order valence-electron chi connectivity index (χ0n) is 7.87. The molecule has 0 spiro atoms. The molecule has 0 saturated carbocycles. The second-order valence-corrected chi connectivity index (χ2v) is 2.70. The van der Waals surface area contributed by atoms with E-state index in [0.29, 0.717) is 10.0 Å². The molecular formula is C9H12BrNO2. The molecule has 0 amide bonds. The lowest BCUT2D eigenvalue weighted by Crippen LogP contribution is -2.01. The average Bonchev–Trinajstić information content (AvgIpc) is 2.20. The number of carbonyl (C=O) groups excluding carboxylic acids is 1. The SMILES string of the molecule is CC.COC(=O)c1ccncc1Br. The number of nitrogens with zero attached hydrogens (tertiary/aromatic N) is 1. The van der Waals surface area contributed by atoms with Gasteiger partial charge in [0.25, 0.3) is 0 Å². The number of halogens is 1. The highest BCUT2D eigenvalue weighted by Crippen LogP contribution is 2.14. The monoisotopic (exact) mass is 245 g/mol. The smallest absolute Gasteiger partial charge is 0.339 e. The standard InChI is InChI=1S/C7H6BrNO2.C2H6/c1-11-7(10)5-2-3-9-4-6(5)8;1-2/h2-4H,1H3;1-2H3. The van der Waals surface area contributed by atoms with Crippen LogP contribution in [0.1, 0.15) is 24.2 Å². The number of pyridine rings is 1. The predicted octanol–water partition coefficient (Wildman–Crippen LogP) is 2.66. The molecule has 0 fully saturated rings. The summed E-state index contributed by atoms with van der Waals surface area (Å²) in [6, 6.07) is 1.59. The largest absolute Gasteiger partial charge is 0.465 e. The summed E-state index contributed by atoms with van der Waals surface area (Å²) in [6.45, 7) is 4.00. The van der Waals surface area contributed by atoms with Gasteiger partial charge in [0, 0.05) is 12.4 Å². The first kappa shape index (κ1) is 12.1. The molecule has 1 aromatic heterocycles. The highest BCUT2D eigenvalue weighted by Gasteiger charge is 2.07. The fraction of sp³-hybridized carbons (Fsp3) is 0.333. The molecule has 0 bridgehead atoms. The van der Waals surface area contributed by atoms with Crippen LogP contribution in [0.4, 0.5) is 0 Å². The van der Waals surface area contributed by atoms with Gasteiger partial charge in [-0.2, -0.15) is 0 Å². The summed E-state index contributed by atoms with van der Waals surface area (Å²) in [5.41, 5.74) is 0.488. The molecule has 0 N–H and O–H groups in total. The summed E-state index contributed by atoms with van der Waals surface area (Å²) in [6.07, 6.45) is 3.09. The second kappa shape index (κ2) is 6.60. The number of ether oxygens (including phenoxy) is 1. The third-order valence-electron chi connectivity index (χ3n) is 1.18. The maximum absolute atomic E-state index is 11.0. The average molecular weight is 246 g/mol. The fourth-order valence-corrected chi connectivity index (χ4v) is 1.06. The van der Waals surface area contributed by atoms with E-state index >= 15 is 0 Å². The summed E-state index contributed by atoms with van der Waals surface area (Å²) in [7, 11) is 1.34. The lowest BCUT2D eigenvalue weighted by atomic mass is 10.3. The Morgan fingerprint density at radius 1 is 1.54 bits per heavy atom. The normalized spacial score (nSPS) is 8.31. The van der Waals surface area contributed by atoms with Crippen LogP contribution >= 0.6 is 15.9 Å². The summed E-state index contributed by atoms with van der Waals surface area (Å²) in [5, 5.41) is 0. The molecule has 0 saturated heterocycles. The summed E-state index contributed by atoms with van der Waals surface area (Å²) in [5.74, 6) is -0.362. The molecule has 0 radical (unpaired) electrons. The van der Waals surface area contributed by atoms with Crippen molar-refractivity contribution in [3.05, 3.63) is 28.5 Å². The van der Waals surface area contributed by atoms with Crippen LogP contribution in [-0.4, -0.2) is 18.1 Å². The van der Waals surface area contributed by atoms with E-state index in [9.17, 15) is 4.79 Å². The number of esters is 1. The van der Waals surface area contributed by atoms with Gasteiger partial charge in [0.05, 0.1) is 17.1 Å². The van der Waals surface area contributed by atoms with Crippen molar-refractivity contribution in [2.75, 3.05) is 7.11 Å². The topological polar surface area (TPSA) is 39.2 Å². The third-order valence-corrected chi connectivity index (χ3v) is 1.81. The zero-order chi connectivity index (χ0) is 10.3. The predicted molar refractivity (Wildman–Crippen MR) is 54.6 cm³/mol. The van der Waals surface area contributed by atoms with E-state index in [1.54, 1.807) is 12.3 Å².